The van der Waals surface area contributed by atoms with Crippen LogP contribution >= 0.6 is 56.7 Å². The first-order valence-corrected chi connectivity index (χ1v) is 29.0. The highest BCUT2D eigenvalue weighted by atomic mass is 32.1. The van der Waals surface area contributed by atoms with E-state index in [1.165, 1.54) is 43.0 Å². The van der Waals surface area contributed by atoms with E-state index in [0.29, 0.717) is 61.9 Å². The van der Waals surface area contributed by atoms with Crippen molar-refractivity contribution in [1.82, 2.24) is 0 Å². The Morgan fingerprint density at radius 1 is 0.458 bits per heavy atom. The Bertz CT molecular complexity index is 4190. The molecule has 0 aliphatic heterocycles. The largest absolute Gasteiger partial charge is 0.495 e. The maximum atomic E-state index is 16.4. The van der Waals surface area contributed by atoms with Crippen LogP contribution in [0.3, 0.4) is 0 Å². The molecule has 2 aliphatic carbocycles. The smallest absolute Gasteiger partial charge is 0.333 e. The molecule has 4 aromatic carbocycles. The van der Waals surface area contributed by atoms with Crippen molar-refractivity contribution < 1.29 is 47.6 Å². The third kappa shape index (κ3) is 9.82. The van der Waals surface area contributed by atoms with Crippen molar-refractivity contribution in [3.8, 4) is 55.3 Å². The summed E-state index contributed by atoms with van der Waals surface area (Å²) in [5.74, 6) is -3.96. The number of nitrogens with zero attached hydrogens (tertiary/aromatic N) is 6. The lowest BCUT2D eigenvalue weighted by atomic mass is 9.69. The average Bonchev–Trinajstić information content (AvgIpc) is 1.88. The van der Waals surface area contributed by atoms with Crippen LogP contribution < -0.4 is 9.47 Å². The van der Waals surface area contributed by atoms with E-state index < -0.39 is 40.4 Å². The fraction of sp³-hybridized carbons (Fsp3) is 0.129. The van der Waals surface area contributed by atoms with Gasteiger partial charge in [0.25, 0.3) is 0 Å². The first kappa shape index (κ1) is 55.1. The van der Waals surface area contributed by atoms with Crippen molar-refractivity contribution in [3.63, 3.8) is 0 Å². The van der Waals surface area contributed by atoms with Crippen LogP contribution in [0.5, 0.6) is 11.5 Å². The summed E-state index contributed by atoms with van der Waals surface area (Å²) >= 11 is 5.71. The molecule has 0 saturated carbocycles. The number of hydrogen-bond donors (Lipinski definition) is 0. The molecule has 21 heteroatoms. The van der Waals surface area contributed by atoms with Gasteiger partial charge in [-0.1, -0.05) is 121 Å². The predicted molar refractivity (Wildman–Crippen MR) is 316 cm³/mol. The Morgan fingerprint density at radius 3 is 1.28 bits per heavy atom. The Balaban J connectivity index is 1.21. The molecule has 0 saturated heterocycles. The molecule has 0 atom stereocenters. The van der Waals surface area contributed by atoms with Crippen molar-refractivity contribution in [1.29, 1.82) is 21.0 Å². The zero-order valence-electron chi connectivity index (χ0n) is 43.5. The van der Waals surface area contributed by atoms with Crippen LogP contribution in [-0.4, -0.2) is 49.5 Å². The van der Waals surface area contributed by atoms with Crippen molar-refractivity contribution in [2.24, 2.45) is 9.98 Å². The van der Waals surface area contributed by atoms with Crippen LogP contribution in [0.4, 0.5) is 10.0 Å². The number of esters is 4. The molecule has 0 fully saturated rings. The Morgan fingerprint density at radius 2 is 0.855 bits per heavy atom. The van der Waals surface area contributed by atoms with Gasteiger partial charge in [0.15, 0.2) is 0 Å². The zero-order chi connectivity index (χ0) is 57.8. The lowest BCUT2D eigenvalue weighted by molar-refractivity contribution is -0.166. The van der Waals surface area contributed by atoms with Gasteiger partial charge in [-0.25, -0.2) is 9.98 Å². The van der Waals surface area contributed by atoms with Crippen molar-refractivity contribution in [3.05, 3.63) is 188 Å². The van der Waals surface area contributed by atoms with Gasteiger partial charge in [-0.2, -0.15) is 21.0 Å². The molecule has 0 spiro atoms. The molecule has 5 aromatic heterocycles. The van der Waals surface area contributed by atoms with Gasteiger partial charge in [0.05, 0.1) is 43.3 Å². The first-order valence-electron chi connectivity index (χ1n) is 25.0. The standard InChI is InChI=1S/C62H38N6O10S5/c1-73-42-24-47(67-39(27-63)28-64)82-52(42)41-23-44-49(61(41,57(69)75-31-35-15-7-3-8-16-35)58(70)76-32-36-17-9-4-10-18-36)50-55(79-44)56-51(54-46(81-56)26-45(80-54)53-43(74-2)25-48(83-53)68-40(29-65)30-66)62(50,59(71)77-33-37-19-11-5-12-20-37)60(72)78-34-38-21-13-6-14-22-38/h3-26H,31-34H2,1-2H3. The van der Waals surface area contributed by atoms with Gasteiger partial charge in [-0.05, 0) is 34.4 Å². The number of methoxy groups -OCH3 is 2. The lowest BCUT2D eigenvalue weighted by Crippen LogP contribution is -2.50. The van der Waals surface area contributed by atoms with Crippen LogP contribution in [0, 0.1) is 45.3 Å². The normalized spacial score (nSPS) is 12.8. The lowest BCUT2D eigenvalue weighted by Gasteiger charge is -2.33. The highest BCUT2D eigenvalue weighted by Crippen LogP contribution is 2.68. The Kier molecular flexibility index (Phi) is 15.5. The number of benzene rings is 4. The third-order valence-corrected chi connectivity index (χ3v) is 19.5. The summed E-state index contributed by atoms with van der Waals surface area (Å²) in [5, 5.41) is 39.1. The fourth-order valence-electron chi connectivity index (χ4n) is 9.87. The third-order valence-electron chi connectivity index (χ3n) is 13.5. The van der Waals surface area contributed by atoms with E-state index >= 15 is 19.2 Å². The highest BCUT2D eigenvalue weighted by Gasteiger charge is 2.69. The van der Waals surface area contributed by atoms with Crippen LogP contribution in [-0.2, 0) is 75.4 Å². The minimum atomic E-state index is -2.69. The topological polar surface area (TPSA) is 244 Å². The number of fused-ring (bicyclic) bond motifs is 7. The van der Waals surface area contributed by atoms with E-state index in [0.717, 1.165) is 34.0 Å². The maximum absolute atomic E-state index is 16.4. The number of carbonyl (C=O) groups excluding carboxylic acids is 4. The summed E-state index contributed by atoms with van der Waals surface area (Å²) in [6.07, 6.45) is 1.61. The Hall–Kier alpha value is -9.84. The minimum absolute atomic E-state index is 0.0290. The monoisotopic (exact) mass is 1190 g/mol. The molecule has 16 nitrogen and oxygen atoms in total. The molecule has 0 amide bonds. The average molecular weight is 1190 g/mol. The van der Waals surface area contributed by atoms with Crippen molar-refractivity contribution in [2.75, 3.05) is 14.2 Å². The summed E-state index contributed by atoms with van der Waals surface area (Å²) in [6, 6.07) is 47.4. The van der Waals surface area contributed by atoms with Gasteiger partial charge >= 0.3 is 23.9 Å². The first-order chi connectivity index (χ1) is 40.5. The molecule has 0 unspecified atom stereocenters. The molecule has 2 aliphatic rings. The SMILES string of the molecule is COc1cc(N=C(C#N)C#N)sc1C1=Cc2sc3c(c2C1(C(=O)OCc1ccccc1)C(=O)OCc1ccccc1)C(C(=O)OCc1ccccc1)(C(=O)OCc1ccccc1)c1c-3sc2cc(-c3sc(N=C(C#N)C#N)cc3OC)sc12. The van der Waals surface area contributed by atoms with Gasteiger partial charge in [0.2, 0.25) is 22.3 Å². The van der Waals surface area contributed by atoms with Gasteiger partial charge in [-0.15, -0.1) is 56.7 Å². The molecule has 5 heterocycles. The van der Waals surface area contributed by atoms with E-state index in [1.54, 1.807) is 158 Å². The number of thiophene rings is 5. The molecule has 9 aromatic rings. The second-order valence-corrected chi connectivity index (χ2v) is 23.5. The van der Waals surface area contributed by atoms with E-state index in [-0.39, 0.29) is 74.9 Å². The van der Waals surface area contributed by atoms with Crippen LogP contribution in [0.1, 0.15) is 48.7 Å². The maximum Gasteiger partial charge on any atom is 0.333 e. The Labute approximate surface area is 493 Å². The number of aliphatic imine (C=N–C) groups is 2. The number of ether oxygens (including phenoxy) is 6. The molecular formula is C62H38N6O10S5. The van der Waals surface area contributed by atoms with Crippen molar-refractivity contribution >= 4 is 123 Å². The van der Waals surface area contributed by atoms with Crippen LogP contribution in [0.25, 0.3) is 40.6 Å². The minimum Gasteiger partial charge on any atom is -0.495 e. The van der Waals surface area contributed by atoms with Gasteiger partial charge in [0, 0.05) is 44.0 Å². The number of nitriles is 4. The van der Waals surface area contributed by atoms with Crippen LogP contribution in [0.15, 0.2) is 150 Å². The summed E-state index contributed by atoms with van der Waals surface area (Å²) in [4.78, 5) is 76.1. The van der Waals surface area contributed by atoms with Gasteiger partial charge in [-0.3, -0.25) is 19.2 Å². The second-order valence-electron chi connectivity index (χ2n) is 18.3. The van der Waals surface area contributed by atoms with E-state index in [2.05, 4.69) is 9.98 Å². The second kappa shape index (κ2) is 23.3. The highest BCUT2D eigenvalue weighted by molar-refractivity contribution is 7.34. The molecular weight excluding hydrogens is 1150 g/mol. The molecule has 11 rings (SSSR count). The van der Waals surface area contributed by atoms with Gasteiger partial charge in [0.1, 0.15) is 72.2 Å². The summed E-state index contributed by atoms with van der Waals surface area (Å²) in [7, 11) is 2.84. The molecule has 406 valence electrons. The number of hydrogen-bond acceptors (Lipinski definition) is 21. The summed E-state index contributed by atoms with van der Waals surface area (Å²) in [5.41, 5.74) is -3.86. The van der Waals surface area contributed by atoms with Gasteiger partial charge < -0.3 is 28.4 Å². The quantitative estimate of drug-likeness (QED) is 0.0336. The fourth-order valence-corrected chi connectivity index (χ4v) is 16.3. The molecule has 0 radical (unpaired) electrons. The number of rotatable bonds is 18. The van der Waals surface area contributed by atoms with E-state index in [9.17, 15) is 21.0 Å². The van der Waals surface area contributed by atoms with Crippen molar-refractivity contribution in [2.45, 2.75) is 37.3 Å². The molecule has 0 bridgehead atoms. The predicted octanol–water partition coefficient (Wildman–Crippen LogP) is 13.1. The molecule has 0 N–H and O–H groups in total. The summed E-state index contributed by atoms with van der Waals surface area (Å²) < 4.78 is 38.3. The zero-order valence-corrected chi connectivity index (χ0v) is 47.6. The van der Waals surface area contributed by atoms with Crippen LogP contribution in [0.2, 0.25) is 0 Å². The van der Waals surface area contributed by atoms with E-state index in [1.807, 2.05) is 6.07 Å². The number of carbonyl (C=O) groups is 4. The van der Waals surface area contributed by atoms with E-state index in [4.69, 9.17) is 28.4 Å². The summed E-state index contributed by atoms with van der Waals surface area (Å²) in [6.45, 7) is -1.30. The molecule has 83 heavy (non-hydrogen) atoms.